The Morgan fingerprint density at radius 1 is 1.20 bits per heavy atom. The summed E-state index contributed by atoms with van der Waals surface area (Å²) in [6.07, 6.45) is 5.62. The van der Waals surface area contributed by atoms with Crippen molar-refractivity contribution in [2.45, 2.75) is 25.3 Å². The molecule has 0 spiro atoms. The summed E-state index contributed by atoms with van der Waals surface area (Å²) in [6, 6.07) is 0. The van der Waals surface area contributed by atoms with E-state index in [1.54, 1.807) is 12.4 Å². The molecule has 20 heavy (non-hydrogen) atoms. The van der Waals surface area contributed by atoms with Gasteiger partial charge in [0.15, 0.2) is 0 Å². The molecule has 0 radical (unpaired) electrons. The highest BCUT2D eigenvalue weighted by molar-refractivity contribution is 6.05. The van der Waals surface area contributed by atoms with Crippen LogP contribution in [0.2, 0.25) is 0 Å². The Labute approximate surface area is 116 Å². The summed E-state index contributed by atoms with van der Waals surface area (Å²) >= 11 is 0. The SMILES string of the molecule is O=C1NCCn2c(C3CCNCC3)nc3cncc1c32. The fourth-order valence-corrected chi connectivity index (χ4v) is 3.27. The van der Waals surface area contributed by atoms with E-state index in [2.05, 4.69) is 20.2 Å². The number of pyridine rings is 1. The highest BCUT2D eigenvalue weighted by atomic mass is 16.1. The minimum atomic E-state index is -0.0430. The molecule has 2 aromatic rings. The molecule has 6 nitrogen and oxygen atoms in total. The van der Waals surface area contributed by atoms with Crippen LogP contribution in [0.15, 0.2) is 12.4 Å². The average molecular weight is 271 g/mol. The van der Waals surface area contributed by atoms with Gasteiger partial charge in [0.2, 0.25) is 0 Å². The fourth-order valence-electron chi connectivity index (χ4n) is 3.27. The van der Waals surface area contributed by atoms with Gasteiger partial charge in [0, 0.05) is 25.2 Å². The lowest BCUT2D eigenvalue weighted by Crippen LogP contribution is -2.29. The third-order valence-corrected chi connectivity index (χ3v) is 4.25. The Balaban J connectivity index is 1.92. The number of hydrogen-bond donors (Lipinski definition) is 2. The first-order valence-electron chi connectivity index (χ1n) is 7.17. The lowest BCUT2D eigenvalue weighted by atomic mass is 9.97. The van der Waals surface area contributed by atoms with E-state index >= 15 is 0 Å². The Morgan fingerprint density at radius 3 is 2.90 bits per heavy atom. The second-order valence-corrected chi connectivity index (χ2v) is 5.46. The molecule has 1 fully saturated rings. The highest BCUT2D eigenvalue weighted by Crippen LogP contribution is 2.29. The lowest BCUT2D eigenvalue weighted by molar-refractivity contribution is 0.0956. The van der Waals surface area contributed by atoms with Crippen molar-refractivity contribution in [3.05, 3.63) is 23.8 Å². The summed E-state index contributed by atoms with van der Waals surface area (Å²) in [5.41, 5.74) is 2.43. The van der Waals surface area contributed by atoms with E-state index in [1.165, 1.54) is 0 Å². The predicted molar refractivity (Wildman–Crippen MR) is 74.7 cm³/mol. The molecule has 4 rings (SSSR count). The topological polar surface area (TPSA) is 71.8 Å². The van der Waals surface area contributed by atoms with Gasteiger partial charge in [-0.2, -0.15) is 0 Å². The number of imidazole rings is 1. The number of carbonyl (C=O) groups is 1. The standard InChI is InChI=1S/C14H17N5O/c20-14-10-7-16-8-11-12(10)19(6-5-17-14)13(18-11)9-1-3-15-4-2-9/h7-9,15H,1-6H2,(H,17,20). The minimum absolute atomic E-state index is 0.0430. The highest BCUT2D eigenvalue weighted by Gasteiger charge is 2.26. The molecule has 4 heterocycles. The third kappa shape index (κ3) is 1.71. The molecule has 0 aromatic carbocycles. The van der Waals surface area contributed by atoms with Crippen LogP contribution in [0.25, 0.3) is 11.0 Å². The molecule has 1 amide bonds. The summed E-state index contributed by atoms with van der Waals surface area (Å²) in [6.45, 7) is 3.52. The number of piperidine rings is 1. The monoisotopic (exact) mass is 271 g/mol. The molecule has 2 aromatic heterocycles. The molecule has 2 aliphatic heterocycles. The van der Waals surface area contributed by atoms with E-state index in [-0.39, 0.29) is 5.91 Å². The summed E-state index contributed by atoms with van der Waals surface area (Å²) < 4.78 is 2.22. The van der Waals surface area contributed by atoms with Gasteiger partial charge in [-0.1, -0.05) is 0 Å². The largest absolute Gasteiger partial charge is 0.350 e. The van der Waals surface area contributed by atoms with Crippen molar-refractivity contribution in [3.8, 4) is 0 Å². The van der Waals surface area contributed by atoms with Gasteiger partial charge in [-0.05, 0) is 25.9 Å². The maximum Gasteiger partial charge on any atom is 0.255 e. The molecular weight excluding hydrogens is 254 g/mol. The Morgan fingerprint density at radius 2 is 2.05 bits per heavy atom. The minimum Gasteiger partial charge on any atom is -0.350 e. The molecule has 104 valence electrons. The van der Waals surface area contributed by atoms with Gasteiger partial charge in [0.05, 0.1) is 17.3 Å². The van der Waals surface area contributed by atoms with Crippen LogP contribution in [-0.2, 0) is 6.54 Å². The molecule has 0 saturated carbocycles. The van der Waals surface area contributed by atoms with Crippen LogP contribution >= 0.6 is 0 Å². The molecule has 0 unspecified atom stereocenters. The molecule has 2 N–H and O–H groups in total. The molecule has 0 atom stereocenters. The van der Waals surface area contributed by atoms with Gasteiger partial charge in [-0.25, -0.2) is 4.98 Å². The number of hydrogen-bond acceptors (Lipinski definition) is 4. The van der Waals surface area contributed by atoms with Crippen LogP contribution in [0.1, 0.15) is 34.9 Å². The van der Waals surface area contributed by atoms with Crippen molar-refractivity contribution in [2.24, 2.45) is 0 Å². The zero-order valence-corrected chi connectivity index (χ0v) is 11.2. The summed E-state index contributed by atoms with van der Waals surface area (Å²) in [4.78, 5) is 21.0. The van der Waals surface area contributed by atoms with Crippen molar-refractivity contribution in [1.82, 2.24) is 25.2 Å². The molecule has 1 saturated heterocycles. The predicted octanol–water partition coefficient (Wildman–Crippen LogP) is 0.642. The Kier molecular flexibility index (Phi) is 2.70. The smallest absolute Gasteiger partial charge is 0.255 e. The number of amides is 1. The number of nitrogens with one attached hydrogen (secondary N) is 2. The van der Waals surface area contributed by atoms with Crippen LogP contribution in [-0.4, -0.2) is 40.1 Å². The quantitative estimate of drug-likeness (QED) is 0.798. The van der Waals surface area contributed by atoms with E-state index < -0.39 is 0 Å². The van der Waals surface area contributed by atoms with Crippen LogP contribution in [0.3, 0.4) is 0 Å². The third-order valence-electron chi connectivity index (χ3n) is 4.25. The molecule has 0 bridgehead atoms. The zero-order chi connectivity index (χ0) is 13.5. The van der Waals surface area contributed by atoms with Gasteiger partial charge >= 0.3 is 0 Å². The van der Waals surface area contributed by atoms with Gasteiger partial charge in [-0.15, -0.1) is 0 Å². The molecule has 0 aliphatic carbocycles. The maximum absolute atomic E-state index is 12.1. The summed E-state index contributed by atoms with van der Waals surface area (Å²) in [7, 11) is 0. The summed E-state index contributed by atoms with van der Waals surface area (Å²) in [5, 5.41) is 6.31. The molecule has 6 heteroatoms. The fraction of sp³-hybridized carbons (Fsp3) is 0.500. The molecule has 2 aliphatic rings. The zero-order valence-electron chi connectivity index (χ0n) is 11.2. The first-order valence-corrected chi connectivity index (χ1v) is 7.17. The second kappa shape index (κ2) is 4.56. The van der Waals surface area contributed by atoms with Crippen molar-refractivity contribution in [2.75, 3.05) is 19.6 Å². The Bertz CT molecular complexity index is 671. The van der Waals surface area contributed by atoms with E-state index in [9.17, 15) is 4.79 Å². The number of nitrogens with zero attached hydrogens (tertiary/aromatic N) is 3. The molecular formula is C14H17N5O. The van der Waals surface area contributed by atoms with Crippen LogP contribution in [0.4, 0.5) is 0 Å². The van der Waals surface area contributed by atoms with Gasteiger partial charge in [0.1, 0.15) is 11.3 Å². The van der Waals surface area contributed by atoms with Crippen molar-refractivity contribution >= 4 is 16.9 Å². The van der Waals surface area contributed by atoms with Crippen molar-refractivity contribution in [1.29, 1.82) is 0 Å². The normalized spacial score (nSPS) is 19.9. The average Bonchev–Trinajstić information content (AvgIpc) is 2.78. The maximum atomic E-state index is 12.1. The van der Waals surface area contributed by atoms with E-state index in [4.69, 9.17) is 4.98 Å². The van der Waals surface area contributed by atoms with Gasteiger partial charge in [-0.3, -0.25) is 9.78 Å². The first-order chi connectivity index (χ1) is 9.84. The van der Waals surface area contributed by atoms with E-state index in [0.717, 1.165) is 49.3 Å². The van der Waals surface area contributed by atoms with Crippen LogP contribution in [0.5, 0.6) is 0 Å². The van der Waals surface area contributed by atoms with E-state index in [1.807, 2.05) is 0 Å². The van der Waals surface area contributed by atoms with Crippen molar-refractivity contribution < 1.29 is 4.79 Å². The van der Waals surface area contributed by atoms with Crippen LogP contribution in [0, 0.1) is 0 Å². The van der Waals surface area contributed by atoms with E-state index in [0.29, 0.717) is 18.0 Å². The van der Waals surface area contributed by atoms with Gasteiger partial charge < -0.3 is 15.2 Å². The summed E-state index contributed by atoms with van der Waals surface area (Å²) in [5.74, 6) is 1.55. The number of aromatic nitrogens is 3. The first kappa shape index (κ1) is 11.8. The number of carbonyl (C=O) groups excluding carboxylic acids is 1. The Hall–Kier alpha value is -1.95. The van der Waals surface area contributed by atoms with Gasteiger partial charge in [0.25, 0.3) is 5.91 Å². The van der Waals surface area contributed by atoms with Crippen molar-refractivity contribution in [3.63, 3.8) is 0 Å². The second-order valence-electron chi connectivity index (χ2n) is 5.46. The van der Waals surface area contributed by atoms with Crippen LogP contribution < -0.4 is 10.6 Å². The number of rotatable bonds is 1. The lowest BCUT2D eigenvalue weighted by Gasteiger charge is -2.23.